The minimum absolute atomic E-state index is 0.853. The van der Waals surface area contributed by atoms with Crippen molar-refractivity contribution in [1.82, 2.24) is 9.55 Å². The Hall–Kier alpha value is -7.49. The van der Waals surface area contributed by atoms with Gasteiger partial charge in [0.15, 0.2) is 5.58 Å². The van der Waals surface area contributed by atoms with Gasteiger partial charge in [0, 0.05) is 32.7 Å². The van der Waals surface area contributed by atoms with Crippen LogP contribution in [0.3, 0.4) is 0 Å². The zero-order chi connectivity index (χ0) is 37.9. The lowest BCUT2D eigenvalue weighted by molar-refractivity contribution is 0.666. The van der Waals surface area contributed by atoms with E-state index in [1.54, 1.807) is 0 Å². The number of nitrogens with zero attached hydrogens (tertiary/aromatic N) is 2. The van der Waals surface area contributed by atoms with Gasteiger partial charge in [-0.25, -0.2) is 4.98 Å². The van der Waals surface area contributed by atoms with Gasteiger partial charge in [0.2, 0.25) is 0 Å². The van der Waals surface area contributed by atoms with Gasteiger partial charge < -0.3 is 8.98 Å². The molecule has 3 heteroatoms. The summed E-state index contributed by atoms with van der Waals surface area (Å²) < 4.78 is 9.41. The van der Waals surface area contributed by atoms with Crippen molar-refractivity contribution >= 4 is 43.7 Å². The highest BCUT2D eigenvalue weighted by Crippen LogP contribution is 2.44. The van der Waals surface area contributed by atoms with Crippen molar-refractivity contribution in [3.8, 4) is 61.6 Å². The fraction of sp³-hybridized carbons (Fsp3) is 0.0185. The number of hydrogen-bond donors (Lipinski definition) is 0. The van der Waals surface area contributed by atoms with Gasteiger partial charge in [-0.05, 0) is 82.3 Å². The number of hydrogen-bond acceptors (Lipinski definition) is 2. The zero-order valence-corrected chi connectivity index (χ0v) is 31.4. The van der Waals surface area contributed by atoms with E-state index in [9.17, 15) is 0 Å². The Morgan fingerprint density at radius 1 is 0.421 bits per heavy atom. The molecule has 11 rings (SSSR count). The van der Waals surface area contributed by atoms with E-state index in [-0.39, 0.29) is 0 Å². The molecule has 3 nitrogen and oxygen atoms in total. The molecule has 268 valence electrons. The van der Waals surface area contributed by atoms with Gasteiger partial charge in [-0.2, -0.15) is 0 Å². The summed E-state index contributed by atoms with van der Waals surface area (Å²) in [5.41, 5.74) is 17.2. The monoisotopic (exact) mass is 728 g/mol. The Morgan fingerprint density at radius 3 is 1.74 bits per heavy atom. The maximum Gasteiger partial charge on any atom is 0.159 e. The number of rotatable bonds is 6. The van der Waals surface area contributed by atoms with Crippen LogP contribution >= 0.6 is 0 Å². The van der Waals surface area contributed by atoms with E-state index in [1.807, 2.05) is 0 Å². The van der Waals surface area contributed by atoms with Crippen LogP contribution in [0, 0.1) is 6.92 Å². The number of pyridine rings is 1. The minimum atomic E-state index is 0.853. The van der Waals surface area contributed by atoms with Crippen molar-refractivity contribution in [3.63, 3.8) is 0 Å². The Labute approximate surface area is 330 Å². The first-order chi connectivity index (χ1) is 28.2. The molecule has 0 aliphatic rings. The topological polar surface area (TPSA) is 31.0 Å². The molecule has 0 saturated carbocycles. The molecule has 0 atom stereocenters. The third kappa shape index (κ3) is 5.47. The standard InChI is InChI=1S/C54H36N2O/c1-35-45(34-47(38-20-10-4-11-21-38)55-53(35)39-22-12-5-13-23-39)43-24-15-27-51-52(43)44-25-14-26-49(54(44)57-51)56-48-31-29-40(36-16-6-2-7-17-36)32-46(48)42-30-28-41(33-50(42)56)37-18-8-3-9-19-37/h2-34H,1H3. The molecule has 0 fully saturated rings. The van der Waals surface area contributed by atoms with Crippen molar-refractivity contribution in [3.05, 3.63) is 206 Å². The van der Waals surface area contributed by atoms with Crippen LogP contribution in [0.15, 0.2) is 205 Å². The van der Waals surface area contributed by atoms with E-state index in [0.717, 1.165) is 77.9 Å². The van der Waals surface area contributed by atoms with Gasteiger partial charge >= 0.3 is 0 Å². The third-order valence-corrected chi connectivity index (χ3v) is 11.4. The summed E-state index contributed by atoms with van der Waals surface area (Å²) in [6.45, 7) is 2.19. The van der Waals surface area contributed by atoms with Crippen molar-refractivity contribution in [2.24, 2.45) is 0 Å². The summed E-state index contributed by atoms with van der Waals surface area (Å²) >= 11 is 0. The van der Waals surface area contributed by atoms with Crippen LogP contribution in [0.25, 0.3) is 105 Å². The predicted octanol–water partition coefficient (Wildman–Crippen LogP) is 14.7. The van der Waals surface area contributed by atoms with E-state index < -0.39 is 0 Å². The number of fused-ring (bicyclic) bond motifs is 6. The summed E-state index contributed by atoms with van der Waals surface area (Å²) in [6.07, 6.45) is 0. The minimum Gasteiger partial charge on any atom is -0.454 e. The van der Waals surface area contributed by atoms with Gasteiger partial charge in [0.1, 0.15) is 5.58 Å². The summed E-state index contributed by atoms with van der Waals surface area (Å²) in [6, 6.07) is 71.2. The quantitative estimate of drug-likeness (QED) is 0.171. The van der Waals surface area contributed by atoms with E-state index >= 15 is 0 Å². The SMILES string of the molecule is Cc1c(-c2cccc3oc4c(-n5c6ccc(-c7ccccc7)cc6c6ccc(-c7ccccc7)cc65)cccc4c23)cc(-c2ccccc2)nc1-c1ccccc1. The molecule has 57 heavy (non-hydrogen) atoms. The lowest BCUT2D eigenvalue weighted by atomic mass is 9.92. The molecular formula is C54H36N2O. The van der Waals surface area contributed by atoms with Crippen molar-refractivity contribution in [2.45, 2.75) is 6.92 Å². The molecule has 3 aromatic heterocycles. The molecular weight excluding hydrogens is 693 g/mol. The molecule has 11 aromatic rings. The van der Waals surface area contributed by atoms with Gasteiger partial charge in [0.25, 0.3) is 0 Å². The maximum atomic E-state index is 7.01. The van der Waals surface area contributed by atoms with Crippen molar-refractivity contribution < 1.29 is 4.42 Å². The normalized spacial score (nSPS) is 11.6. The van der Waals surface area contributed by atoms with Crippen LogP contribution in [-0.2, 0) is 0 Å². The second-order valence-electron chi connectivity index (χ2n) is 14.7. The van der Waals surface area contributed by atoms with Crippen LogP contribution in [0.4, 0.5) is 0 Å². The summed E-state index contributed by atoms with van der Waals surface area (Å²) in [7, 11) is 0. The number of aromatic nitrogens is 2. The van der Waals surface area contributed by atoms with E-state index in [0.29, 0.717) is 0 Å². The number of para-hydroxylation sites is 1. The summed E-state index contributed by atoms with van der Waals surface area (Å²) in [4.78, 5) is 5.26. The zero-order valence-electron chi connectivity index (χ0n) is 31.4. The van der Waals surface area contributed by atoms with Crippen molar-refractivity contribution in [1.29, 1.82) is 0 Å². The molecule has 0 amide bonds. The lowest BCUT2D eigenvalue weighted by Crippen LogP contribution is -1.96. The molecule has 0 aliphatic heterocycles. The largest absolute Gasteiger partial charge is 0.454 e. The van der Waals surface area contributed by atoms with Gasteiger partial charge in [-0.1, -0.05) is 164 Å². The first-order valence-corrected chi connectivity index (χ1v) is 19.5. The molecule has 0 radical (unpaired) electrons. The third-order valence-electron chi connectivity index (χ3n) is 11.4. The highest BCUT2D eigenvalue weighted by molar-refractivity contribution is 6.17. The molecule has 0 spiro atoms. The maximum absolute atomic E-state index is 7.01. The van der Waals surface area contributed by atoms with E-state index in [1.165, 1.54) is 33.0 Å². The lowest BCUT2D eigenvalue weighted by Gasteiger charge is -2.15. The van der Waals surface area contributed by atoms with Gasteiger partial charge in [-0.3, -0.25) is 0 Å². The first kappa shape index (κ1) is 32.9. The molecule has 8 aromatic carbocycles. The van der Waals surface area contributed by atoms with E-state index in [2.05, 4.69) is 212 Å². The van der Waals surface area contributed by atoms with Crippen LogP contribution in [0.1, 0.15) is 5.56 Å². The molecule has 0 N–H and O–H groups in total. The molecule has 3 heterocycles. The van der Waals surface area contributed by atoms with E-state index in [4.69, 9.17) is 9.40 Å². The molecule has 0 unspecified atom stereocenters. The Morgan fingerprint density at radius 2 is 1.04 bits per heavy atom. The van der Waals surface area contributed by atoms with Gasteiger partial charge in [0.05, 0.1) is 28.1 Å². The highest BCUT2D eigenvalue weighted by atomic mass is 16.3. The molecule has 0 saturated heterocycles. The average molecular weight is 729 g/mol. The van der Waals surface area contributed by atoms with Gasteiger partial charge in [-0.15, -0.1) is 0 Å². The summed E-state index contributed by atoms with van der Waals surface area (Å²) in [5.74, 6) is 0. The van der Waals surface area contributed by atoms with Crippen molar-refractivity contribution in [2.75, 3.05) is 0 Å². The molecule has 0 bridgehead atoms. The highest BCUT2D eigenvalue weighted by Gasteiger charge is 2.22. The predicted molar refractivity (Wildman–Crippen MR) is 238 cm³/mol. The van der Waals surface area contributed by atoms with Crippen LogP contribution in [-0.4, -0.2) is 9.55 Å². The molecule has 0 aliphatic carbocycles. The second kappa shape index (κ2) is 13.4. The smallest absolute Gasteiger partial charge is 0.159 e. The first-order valence-electron chi connectivity index (χ1n) is 19.5. The number of furan rings is 1. The number of benzene rings is 8. The second-order valence-corrected chi connectivity index (χ2v) is 14.7. The average Bonchev–Trinajstić information content (AvgIpc) is 3.83. The Bertz CT molecular complexity index is 3270. The fourth-order valence-corrected chi connectivity index (χ4v) is 8.66. The van der Waals surface area contributed by atoms with Crippen LogP contribution in [0.2, 0.25) is 0 Å². The Balaban J connectivity index is 1.18. The summed E-state index contributed by atoms with van der Waals surface area (Å²) in [5, 5.41) is 4.57. The fourth-order valence-electron chi connectivity index (χ4n) is 8.66. The van der Waals surface area contributed by atoms with Crippen LogP contribution < -0.4 is 0 Å². The van der Waals surface area contributed by atoms with Crippen LogP contribution in [0.5, 0.6) is 0 Å². The Kier molecular flexibility index (Phi) is 7.71.